The van der Waals surface area contributed by atoms with Gasteiger partial charge in [0.25, 0.3) is 0 Å². The Kier molecular flexibility index (Phi) is 3.74. The maximum Gasteiger partial charge on any atom is 0.144 e. The van der Waals surface area contributed by atoms with E-state index < -0.39 is 0 Å². The maximum absolute atomic E-state index is 9.03. The van der Waals surface area contributed by atoms with Crippen molar-refractivity contribution in [1.29, 1.82) is 5.26 Å². The largest absolute Gasteiger partial charge is 0.367 e. The molecule has 0 amide bonds. The fraction of sp³-hybridized carbons (Fsp3) is 0.455. The summed E-state index contributed by atoms with van der Waals surface area (Å²) in [5.41, 5.74) is 6.69. The third kappa shape index (κ3) is 3.09. The molecule has 0 saturated carbocycles. The van der Waals surface area contributed by atoms with Crippen LogP contribution in [-0.2, 0) is 0 Å². The molecule has 4 nitrogen and oxygen atoms in total. The first-order chi connectivity index (χ1) is 7.35. The van der Waals surface area contributed by atoms with Gasteiger partial charge in [0.15, 0.2) is 0 Å². The normalized spacial score (nSPS) is 11.0. The van der Waals surface area contributed by atoms with Gasteiger partial charge in [0.1, 0.15) is 11.9 Å². The summed E-state index contributed by atoms with van der Waals surface area (Å²) >= 11 is 5.89. The van der Waals surface area contributed by atoms with Crippen molar-refractivity contribution in [3.63, 3.8) is 0 Å². The van der Waals surface area contributed by atoms with Gasteiger partial charge in [0.05, 0.1) is 10.6 Å². The highest BCUT2D eigenvalue weighted by Crippen LogP contribution is 2.23. The van der Waals surface area contributed by atoms with Gasteiger partial charge in [0, 0.05) is 18.3 Å². The minimum absolute atomic E-state index is 0.359. The quantitative estimate of drug-likeness (QED) is 0.845. The van der Waals surface area contributed by atoms with Gasteiger partial charge in [-0.15, -0.1) is 0 Å². The molecule has 0 aliphatic carbocycles. The zero-order valence-electron chi connectivity index (χ0n) is 9.63. The van der Waals surface area contributed by atoms with Crippen LogP contribution in [0.5, 0.6) is 0 Å². The summed E-state index contributed by atoms with van der Waals surface area (Å²) in [4.78, 5) is 4.09. The summed E-state index contributed by atoms with van der Waals surface area (Å²) in [6.07, 6.45) is 1.53. The summed E-state index contributed by atoms with van der Waals surface area (Å²) in [5.74, 6) is 0.530. The Balaban J connectivity index is 2.98. The molecule has 16 heavy (non-hydrogen) atoms. The number of rotatable bonds is 3. The minimum Gasteiger partial charge on any atom is -0.367 e. The second-order valence-electron chi connectivity index (χ2n) is 4.41. The molecule has 0 aliphatic heterocycles. The average molecular weight is 239 g/mol. The predicted molar refractivity (Wildman–Crippen MR) is 65.5 cm³/mol. The number of anilines is 1. The predicted octanol–water partition coefficient (Wildman–Crippen LogP) is 2.06. The van der Waals surface area contributed by atoms with Crippen LogP contribution in [0.15, 0.2) is 6.20 Å². The summed E-state index contributed by atoms with van der Waals surface area (Å²) in [5, 5.41) is 12.6. The smallest absolute Gasteiger partial charge is 0.144 e. The number of nitrogens with two attached hydrogens (primary N) is 1. The molecule has 0 atom stereocenters. The lowest BCUT2D eigenvalue weighted by Crippen LogP contribution is -2.39. The van der Waals surface area contributed by atoms with Crippen molar-refractivity contribution in [2.45, 2.75) is 26.3 Å². The van der Waals surface area contributed by atoms with Gasteiger partial charge in [-0.05, 0) is 26.3 Å². The SMILES string of the molecule is Cc1c(Cl)cnc(NCC(C)(C)N)c1C#N. The summed E-state index contributed by atoms with van der Waals surface area (Å²) < 4.78 is 0. The van der Waals surface area contributed by atoms with Gasteiger partial charge in [-0.3, -0.25) is 0 Å². The van der Waals surface area contributed by atoms with E-state index in [2.05, 4.69) is 16.4 Å². The van der Waals surface area contributed by atoms with E-state index >= 15 is 0 Å². The van der Waals surface area contributed by atoms with E-state index in [-0.39, 0.29) is 5.54 Å². The van der Waals surface area contributed by atoms with Crippen LogP contribution in [0.3, 0.4) is 0 Å². The second-order valence-corrected chi connectivity index (χ2v) is 4.82. The van der Waals surface area contributed by atoms with Gasteiger partial charge in [-0.2, -0.15) is 5.26 Å². The highest BCUT2D eigenvalue weighted by molar-refractivity contribution is 6.31. The highest BCUT2D eigenvalue weighted by Gasteiger charge is 2.14. The minimum atomic E-state index is -0.359. The number of nitriles is 1. The van der Waals surface area contributed by atoms with Crippen LogP contribution in [0.2, 0.25) is 5.02 Å². The Morgan fingerprint density at radius 1 is 1.62 bits per heavy atom. The highest BCUT2D eigenvalue weighted by atomic mass is 35.5. The molecule has 0 radical (unpaired) electrons. The van der Waals surface area contributed by atoms with E-state index in [0.717, 1.165) is 5.56 Å². The molecule has 1 aromatic rings. The fourth-order valence-corrected chi connectivity index (χ4v) is 1.31. The Bertz CT molecular complexity index is 429. The standard InChI is InChI=1S/C11H15ClN4/c1-7-8(4-13)10(15-5-9(7)12)16-6-11(2,3)14/h5H,6,14H2,1-3H3,(H,15,16). The Labute approximate surface area is 100 Å². The molecule has 1 heterocycles. The van der Waals surface area contributed by atoms with Gasteiger partial charge in [0.2, 0.25) is 0 Å². The maximum atomic E-state index is 9.03. The van der Waals surface area contributed by atoms with Gasteiger partial charge in [-0.25, -0.2) is 4.98 Å². The van der Waals surface area contributed by atoms with Crippen LogP contribution < -0.4 is 11.1 Å². The number of hydrogen-bond donors (Lipinski definition) is 2. The summed E-state index contributed by atoms with van der Waals surface area (Å²) in [6.45, 7) is 6.13. The van der Waals surface area contributed by atoms with Crippen LogP contribution in [0, 0.1) is 18.3 Å². The molecule has 0 fully saturated rings. The molecule has 0 spiro atoms. The molecular weight excluding hydrogens is 224 g/mol. The number of halogens is 1. The fourth-order valence-electron chi connectivity index (χ4n) is 1.16. The molecule has 5 heteroatoms. The molecule has 0 aromatic carbocycles. The van der Waals surface area contributed by atoms with Crippen LogP contribution >= 0.6 is 11.6 Å². The molecule has 3 N–H and O–H groups in total. The Hall–Kier alpha value is -1.31. The van der Waals surface area contributed by atoms with Crippen molar-refractivity contribution in [2.24, 2.45) is 5.73 Å². The van der Waals surface area contributed by atoms with E-state index in [4.69, 9.17) is 22.6 Å². The lowest BCUT2D eigenvalue weighted by Gasteiger charge is -2.20. The zero-order valence-corrected chi connectivity index (χ0v) is 10.4. The molecule has 86 valence electrons. The first kappa shape index (κ1) is 12.8. The average Bonchev–Trinajstić information content (AvgIpc) is 2.18. The summed E-state index contributed by atoms with van der Waals surface area (Å²) in [7, 11) is 0. The number of nitrogens with zero attached hydrogens (tertiary/aromatic N) is 2. The van der Waals surface area contributed by atoms with Crippen LogP contribution in [0.1, 0.15) is 25.0 Å². The number of aromatic nitrogens is 1. The van der Waals surface area contributed by atoms with Crippen molar-refractivity contribution in [2.75, 3.05) is 11.9 Å². The van der Waals surface area contributed by atoms with Crippen LogP contribution in [-0.4, -0.2) is 17.1 Å². The monoisotopic (exact) mass is 238 g/mol. The van der Waals surface area contributed by atoms with E-state index in [1.807, 2.05) is 13.8 Å². The molecular formula is C11H15ClN4. The molecule has 0 aliphatic rings. The topological polar surface area (TPSA) is 74.7 Å². The number of hydrogen-bond acceptors (Lipinski definition) is 4. The van der Waals surface area contributed by atoms with E-state index in [1.165, 1.54) is 6.20 Å². The molecule has 1 aromatic heterocycles. The number of nitrogens with one attached hydrogen (secondary N) is 1. The third-order valence-corrected chi connectivity index (χ3v) is 2.48. The van der Waals surface area contributed by atoms with E-state index in [0.29, 0.717) is 22.9 Å². The first-order valence-electron chi connectivity index (χ1n) is 4.93. The molecule has 0 bridgehead atoms. The van der Waals surface area contributed by atoms with Crippen molar-refractivity contribution in [1.82, 2.24) is 4.98 Å². The second kappa shape index (κ2) is 4.69. The third-order valence-electron chi connectivity index (χ3n) is 2.10. The number of pyridine rings is 1. The van der Waals surface area contributed by atoms with Gasteiger partial charge in [-0.1, -0.05) is 11.6 Å². The van der Waals surface area contributed by atoms with Crippen LogP contribution in [0.4, 0.5) is 5.82 Å². The van der Waals surface area contributed by atoms with Crippen molar-refractivity contribution in [3.05, 3.63) is 22.3 Å². The van der Waals surface area contributed by atoms with Crippen molar-refractivity contribution in [3.8, 4) is 6.07 Å². The van der Waals surface area contributed by atoms with E-state index in [9.17, 15) is 0 Å². The van der Waals surface area contributed by atoms with Crippen molar-refractivity contribution < 1.29 is 0 Å². The first-order valence-corrected chi connectivity index (χ1v) is 5.31. The van der Waals surface area contributed by atoms with Gasteiger partial charge >= 0.3 is 0 Å². The molecule has 0 saturated heterocycles. The van der Waals surface area contributed by atoms with Crippen LogP contribution in [0.25, 0.3) is 0 Å². The van der Waals surface area contributed by atoms with Gasteiger partial charge < -0.3 is 11.1 Å². The summed E-state index contributed by atoms with van der Waals surface area (Å²) in [6, 6.07) is 2.09. The van der Waals surface area contributed by atoms with E-state index in [1.54, 1.807) is 6.92 Å². The lowest BCUT2D eigenvalue weighted by molar-refractivity contribution is 0.548. The zero-order chi connectivity index (χ0) is 12.3. The van der Waals surface area contributed by atoms with Crippen molar-refractivity contribution >= 4 is 17.4 Å². The Morgan fingerprint density at radius 3 is 2.75 bits per heavy atom. The lowest BCUT2D eigenvalue weighted by atomic mass is 10.1. The Morgan fingerprint density at radius 2 is 2.25 bits per heavy atom. The molecule has 0 unspecified atom stereocenters. The molecule has 1 rings (SSSR count).